The molecule has 0 radical (unpaired) electrons. The van der Waals surface area contributed by atoms with Gasteiger partial charge in [-0.1, -0.05) is 19.3 Å². The molecule has 0 aromatic rings. The van der Waals surface area contributed by atoms with Crippen LogP contribution in [0.15, 0.2) is 0 Å². The maximum atomic E-state index is 10.7. The van der Waals surface area contributed by atoms with Gasteiger partial charge in [0.1, 0.15) is 0 Å². The predicted molar refractivity (Wildman–Crippen MR) is 68.8 cm³/mol. The SMILES string of the molecule is CS(=O)(=O)NCCCCCCCNS(C)(=O)=O. The van der Waals surface area contributed by atoms with Crippen LogP contribution < -0.4 is 9.44 Å². The molecule has 0 bridgehead atoms. The number of hydrogen-bond acceptors (Lipinski definition) is 4. The van der Waals surface area contributed by atoms with E-state index in [2.05, 4.69) is 9.44 Å². The van der Waals surface area contributed by atoms with E-state index in [4.69, 9.17) is 0 Å². The van der Waals surface area contributed by atoms with E-state index >= 15 is 0 Å². The van der Waals surface area contributed by atoms with Crippen molar-refractivity contribution in [2.75, 3.05) is 25.6 Å². The van der Waals surface area contributed by atoms with Crippen molar-refractivity contribution in [1.29, 1.82) is 0 Å². The molecule has 104 valence electrons. The third-order valence-electron chi connectivity index (χ3n) is 2.08. The first kappa shape index (κ1) is 16.8. The fourth-order valence-electron chi connectivity index (χ4n) is 1.30. The molecule has 0 saturated carbocycles. The largest absolute Gasteiger partial charge is 0.215 e. The summed E-state index contributed by atoms with van der Waals surface area (Å²) >= 11 is 0. The molecule has 0 aliphatic heterocycles. The van der Waals surface area contributed by atoms with E-state index in [1.54, 1.807) is 0 Å². The number of rotatable bonds is 10. The van der Waals surface area contributed by atoms with Gasteiger partial charge in [-0.15, -0.1) is 0 Å². The summed E-state index contributed by atoms with van der Waals surface area (Å²) in [5.41, 5.74) is 0. The summed E-state index contributed by atoms with van der Waals surface area (Å²) < 4.78 is 47.7. The number of unbranched alkanes of at least 4 members (excludes halogenated alkanes) is 4. The van der Waals surface area contributed by atoms with Gasteiger partial charge in [0.05, 0.1) is 12.5 Å². The van der Waals surface area contributed by atoms with Crippen molar-refractivity contribution in [3.63, 3.8) is 0 Å². The van der Waals surface area contributed by atoms with Crippen molar-refractivity contribution in [2.24, 2.45) is 0 Å². The lowest BCUT2D eigenvalue weighted by atomic mass is 10.1. The van der Waals surface area contributed by atoms with Crippen LogP contribution in [-0.2, 0) is 20.0 Å². The monoisotopic (exact) mass is 286 g/mol. The number of hydrogen-bond donors (Lipinski definition) is 2. The first-order valence-electron chi connectivity index (χ1n) is 5.60. The van der Waals surface area contributed by atoms with E-state index in [1.165, 1.54) is 0 Å². The highest BCUT2D eigenvalue weighted by Crippen LogP contribution is 2.02. The molecule has 0 rings (SSSR count). The summed E-state index contributed by atoms with van der Waals surface area (Å²) in [4.78, 5) is 0. The molecule has 2 N–H and O–H groups in total. The quantitative estimate of drug-likeness (QED) is 0.554. The van der Waals surface area contributed by atoms with Gasteiger partial charge in [0.15, 0.2) is 0 Å². The molecule has 0 unspecified atom stereocenters. The summed E-state index contributed by atoms with van der Waals surface area (Å²) in [6, 6.07) is 0. The molecular formula is C9H22N2O4S2. The standard InChI is InChI=1S/C9H22N2O4S2/c1-16(12,13)10-8-6-4-3-5-7-9-11-17(2,14)15/h10-11H,3-9H2,1-2H3. The molecule has 0 atom stereocenters. The lowest BCUT2D eigenvalue weighted by Crippen LogP contribution is -2.23. The first-order chi connectivity index (χ1) is 7.71. The van der Waals surface area contributed by atoms with E-state index in [9.17, 15) is 16.8 Å². The molecule has 0 aromatic carbocycles. The minimum Gasteiger partial charge on any atom is -0.215 e. The second kappa shape index (κ2) is 8.02. The predicted octanol–water partition coefficient (Wildman–Crippen LogP) is 0.0353. The Hall–Kier alpha value is -0.180. The molecule has 0 heterocycles. The van der Waals surface area contributed by atoms with Crippen LogP contribution in [0.2, 0.25) is 0 Å². The van der Waals surface area contributed by atoms with Crippen molar-refractivity contribution in [1.82, 2.24) is 9.44 Å². The first-order valence-corrected chi connectivity index (χ1v) is 9.38. The number of sulfonamides is 2. The van der Waals surface area contributed by atoms with E-state index in [1.807, 2.05) is 0 Å². The summed E-state index contributed by atoms with van der Waals surface area (Å²) in [6.07, 6.45) is 6.78. The molecule has 8 heteroatoms. The minimum absolute atomic E-state index is 0.473. The van der Waals surface area contributed by atoms with Crippen molar-refractivity contribution >= 4 is 20.0 Å². The zero-order chi connectivity index (χ0) is 13.4. The summed E-state index contributed by atoms with van der Waals surface area (Å²) in [5.74, 6) is 0. The fourth-order valence-corrected chi connectivity index (χ4v) is 2.33. The van der Waals surface area contributed by atoms with Crippen LogP contribution in [0.25, 0.3) is 0 Å². The van der Waals surface area contributed by atoms with Crippen molar-refractivity contribution in [3.05, 3.63) is 0 Å². The topological polar surface area (TPSA) is 92.3 Å². The van der Waals surface area contributed by atoms with E-state index < -0.39 is 20.0 Å². The molecule has 0 spiro atoms. The van der Waals surface area contributed by atoms with Crippen LogP contribution in [0.4, 0.5) is 0 Å². The van der Waals surface area contributed by atoms with Gasteiger partial charge >= 0.3 is 0 Å². The van der Waals surface area contributed by atoms with Crippen LogP contribution >= 0.6 is 0 Å². The number of nitrogens with one attached hydrogen (secondary N) is 2. The molecule has 0 fully saturated rings. The van der Waals surface area contributed by atoms with Gasteiger partial charge < -0.3 is 0 Å². The van der Waals surface area contributed by atoms with Crippen LogP contribution in [0.3, 0.4) is 0 Å². The normalized spacial score (nSPS) is 12.8. The molecule has 0 aliphatic carbocycles. The van der Waals surface area contributed by atoms with Gasteiger partial charge in [0.25, 0.3) is 0 Å². The molecule has 6 nitrogen and oxygen atoms in total. The van der Waals surface area contributed by atoms with E-state index in [-0.39, 0.29) is 0 Å². The van der Waals surface area contributed by atoms with Crippen molar-refractivity contribution in [2.45, 2.75) is 32.1 Å². The lowest BCUT2D eigenvalue weighted by Gasteiger charge is -2.03. The highest BCUT2D eigenvalue weighted by atomic mass is 32.2. The van der Waals surface area contributed by atoms with E-state index in [0.717, 1.165) is 44.6 Å². The van der Waals surface area contributed by atoms with Crippen LogP contribution in [0, 0.1) is 0 Å². The van der Waals surface area contributed by atoms with Gasteiger partial charge in [0.2, 0.25) is 20.0 Å². The van der Waals surface area contributed by atoms with Gasteiger partial charge in [-0.3, -0.25) is 0 Å². The zero-order valence-corrected chi connectivity index (χ0v) is 12.0. The smallest absolute Gasteiger partial charge is 0.208 e. The third-order valence-corrected chi connectivity index (χ3v) is 3.54. The highest BCUT2D eigenvalue weighted by molar-refractivity contribution is 7.89. The zero-order valence-electron chi connectivity index (χ0n) is 10.4. The van der Waals surface area contributed by atoms with Gasteiger partial charge in [-0.25, -0.2) is 26.3 Å². The Bertz CT molecular complexity index is 351. The summed E-state index contributed by atoms with van der Waals surface area (Å²) in [6.45, 7) is 0.945. The van der Waals surface area contributed by atoms with Gasteiger partial charge in [0, 0.05) is 13.1 Å². The van der Waals surface area contributed by atoms with Crippen LogP contribution in [-0.4, -0.2) is 42.4 Å². The Labute approximate surface area is 104 Å². The second-order valence-electron chi connectivity index (χ2n) is 4.10. The van der Waals surface area contributed by atoms with Crippen LogP contribution in [0.1, 0.15) is 32.1 Å². The Morgan fingerprint density at radius 1 is 0.647 bits per heavy atom. The summed E-state index contributed by atoms with van der Waals surface area (Å²) in [7, 11) is -6.14. The van der Waals surface area contributed by atoms with Crippen molar-refractivity contribution < 1.29 is 16.8 Å². The van der Waals surface area contributed by atoms with Gasteiger partial charge in [-0.2, -0.15) is 0 Å². The summed E-state index contributed by atoms with van der Waals surface area (Å²) in [5, 5.41) is 0. The maximum absolute atomic E-state index is 10.7. The van der Waals surface area contributed by atoms with Crippen LogP contribution in [0.5, 0.6) is 0 Å². The third kappa shape index (κ3) is 15.8. The average Bonchev–Trinajstić information content (AvgIpc) is 2.11. The molecule has 0 saturated heterocycles. The molecule has 0 amide bonds. The Morgan fingerprint density at radius 2 is 0.941 bits per heavy atom. The maximum Gasteiger partial charge on any atom is 0.208 e. The Balaban J connectivity index is 3.25. The minimum atomic E-state index is -3.07. The van der Waals surface area contributed by atoms with Gasteiger partial charge in [-0.05, 0) is 12.8 Å². The second-order valence-corrected chi connectivity index (χ2v) is 7.77. The lowest BCUT2D eigenvalue weighted by molar-refractivity contribution is 0.567. The van der Waals surface area contributed by atoms with E-state index in [0.29, 0.717) is 13.1 Å². The Morgan fingerprint density at radius 3 is 1.24 bits per heavy atom. The molecule has 0 aliphatic rings. The Kier molecular flexibility index (Phi) is 7.93. The fraction of sp³-hybridized carbons (Fsp3) is 1.00. The average molecular weight is 286 g/mol. The van der Waals surface area contributed by atoms with Crippen molar-refractivity contribution in [3.8, 4) is 0 Å². The highest BCUT2D eigenvalue weighted by Gasteiger charge is 2.00. The molecular weight excluding hydrogens is 264 g/mol. The molecule has 0 aromatic heterocycles. The molecule has 17 heavy (non-hydrogen) atoms.